The predicted octanol–water partition coefficient (Wildman–Crippen LogP) is 2.67. The van der Waals surface area contributed by atoms with Gasteiger partial charge in [-0.3, -0.25) is 4.79 Å². The number of aromatic nitrogens is 3. The monoisotopic (exact) mass is 414 g/mol. The third-order valence-corrected chi connectivity index (χ3v) is 5.22. The lowest BCUT2D eigenvalue weighted by Gasteiger charge is -2.34. The molecule has 0 unspecified atom stereocenters. The Balaban J connectivity index is 1.43. The van der Waals surface area contributed by atoms with Crippen molar-refractivity contribution in [2.24, 2.45) is 5.73 Å². The van der Waals surface area contributed by atoms with Gasteiger partial charge in [-0.15, -0.1) is 0 Å². The van der Waals surface area contributed by atoms with Crippen molar-refractivity contribution < 1.29 is 4.79 Å². The SMILES string of the molecule is N#Cc1ccc(N2CCC(Nc3cc(Nc4ccncn4)ncc3C(N)=O)CC2)cc1. The molecule has 2 aromatic heterocycles. The Morgan fingerprint density at radius 1 is 1.13 bits per heavy atom. The number of primary amides is 1. The maximum absolute atomic E-state index is 11.9. The first-order valence-corrected chi connectivity index (χ1v) is 9.97. The molecule has 0 atom stereocenters. The van der Waals surface area contributed by atoms with Crippen molar-refractivity contribution in [3.63, 3.8) is 0 Å². The minimum absolute atomic E-state index is 0.196. The lowest BCUT2D eigenvalue weighted by atomic mass is 10.0. The first-order valence-electron chi connectivity index (χ1n) is 9.97. The van der Waals surface area contributed by atoms with E-state index in [1.807, 2.05) is 24.3 Å². The van der Waals surface area contributed by atoms with Gasteiger partial charge in [-0.05, 0) is 43.2 Å². The molecule has 1 aliphatic rings. The van der Waals surface area contributed by atoms with Gasteiger partial charge in [0.2, 0.25) is 0 Å². The average molecular weight is 414 g/mol. The number of carbonyl (C=O) groups is 1. The van der Waals surface area contributed by atoms with E-state index in [-0.39, 0.29) is 6.04 Å². The van der Waals surface area contributed by atoms with Gasteiger partial charge in [-0.2, -0.15) is 5.26 Å². The fraction of sp³-hybridized carbons (Fsp3) is 0.227. The van der Waals surface area contributed by atoms with E-state index in [0.29, 0.717) is 28.5 Å². The molecule has 0 saturated carbocycles. The van der Waals surface area contributed by atoms with E-state index >= 15 is 0 Å². The fourth-order valence-electron chi connectivity index (χ4n) is 3.58. The number of pyridine rings is 1. The molecule has 31 heavy (non-hydrogen) atoms. The smallest absolute Gasteiger partial charge is 0.252 e. The van der Waals surface area contributed by atoms with E-state index in [1.165, 1.54) is 12.5 Å². The van der Waals surface area contributed by atoms with Crippen LogP contribution in [0.1, 0.15) is 28.8 Å². The highest BCUT2D eigenvalue weighted by Crippen LogP contribution is 2.26. The zero-order valence-electron chi connectivity index (χ0n) is 16.8. The largest absolute Gasteiger partial charge is 0.381 e. The number of hydrogen-bond donors (Lipinski definition) is 3. The van der Waals surface area contributed by atoms with Crippen LogP contribution in [0.3, 0.4) is 0 Å². The van der Waals surface area contributed by atoms with Gasteiger partial charge in [0, 0.05) is 43.3 Å². The molecule has 1 amide bonds. The molecule has 9 nitrogen and oxygen atoms in total. The van der Waals surface area contributed by atoms with Crippen LogP contribution in [0.15, 0.2) is 55.1 Å². The predicted molar refractivity (Wildman–Crippen MR) is 118 cm³/mol. The van der Waals surface area contributed by atoms with E-state index in [9.17, 15) is 4.79 Å². The summed E-state index contributed by atoms with van der Waals surface area (Å²) in [5, 5.41) is 15.5. The molecular weight excluding hydrogens is 392 g/mol. The van der Waals surface area contributed by atoms with Crippen LogP contribution in [0, 0.1) is 11.3 Å². The van der Waals surface area contributed by atoms with Gasteiger partial charge in [0.1, 0.15) is 18.0 Å². The normalized spacial score (nSPS) is 14.0. The van der Waals surface area contributed by atoms with E-state index < -0.39 is 5.91 Å². The van der Waals surface area contributed by atoms with Crippen LogP contribution in [-0.4, -0.2) is 40.0 Å². The highest BCUT2D eigenvalue weighted by molar-refractivity contribution is 5.98. The number of nitriles is 1. The van der Waals surface area contributed by atoms with Gasteiger partial charge in [-0.1, -0.05) is 0 Å². The zero-order chi connectivity index (χ0) is 21.6. The molecule has 0 spiro atoms. The Kier molecular flexibility index (Phi) is 5.89. The number of amides is 1. The summed E-state index contributed by atoms with van der Waals surface area (Å²) in [4.78, 5) is 26.5. The van der Waals surface area contributed by atoms with Crippen molar-refractivity contribution in [1.82, 2.24) is 15.0 Å². The van der Waals surface area contributed by atoms with Gasteiger partial charge in [0.15, 0.2) is 0 Å². The molecule has 4 N–H and O–H groups in total. The zero-order valence-corrected chi connectivity index (χ0v) is 16.8. The number of carbonyl (C=O) groups excluding carboxylic acids is 1. The Morgan fingerprint density at radius 2 is 1.90 bits per heavy atom. The molecule has 1 aliphatic heterocycles. The molecular formula is C22H22N8O. The molecule has 1 fully saturated rings. The number of anilines is 4. The van der Waals surface area contributed by atoms with E-state index in [4.69, 9.17) is 11.0 Å². The third-order valence-electron chi connectivity index (χ3n) is 5.22. The van der Waals surface area contributed by atoms with Crippen LogP contribution in [0.25, 0.3) is 0 Å². The number of benzene rings is 1. The topological polar surface area (TPSA) is 133 Å². The quantitative estimate of drug-likeness (QED) is 0.561. The summed E-state index contributed by atoms with van der Waals surface area (Å²) in [6, 6.07) is 13.5. The molecule has 0 aliphatic carbocycles. The maximum atomic E-state index is 11.9. The van der Waals surface area contributed by atoms with Crippen LogP contribution in [0.2, 0.25) is 0 Å². The molecule has 3 heterocycles. The fourth-order valence-corrected chi connectivity index (χ4v) is 3.58. The first-order chi connectivity index (χ1) is 15.1. The Labute approximate surface area is 180 Å². The Bertz CT molecular complexity index is 1090. The number of nitrogens with two attached hydrogens (primary N) is 1. The number of rotatable bonds is 6. The summed E-state index contributed by atoms with van der Waals surface area (Å²) in [7, 11) is 0. The summed E-state index contributed by atoms with van der Waals surface area (Å²) >= 11 is 0. The summed E-state index contributed by atoms with van der Waals surface area (Å²) < 4.78 is 0. The first kappa shape index (κ1) is 20.1. The Hall–Kier alpha value is -4.19. The van der Waals surface area contributed by atoms with Gasteiger partial charge in [0.05, 0.1) is 22.9 Å². The van der Waals surface area contributed by atoms with Crippen molar-refractivity contribution in [2.75, 3.05) is 28.6 Å². The summed E-state index contributed by atoms with van der Waals surface area (Å²) in [5.41, 5.74) is 8.31. The summed E-state index contributed by atoms with van der Waals surface area (Å²) in [5.74, 6) is 0.635. The second kappa shape index (κ2) is 9.09. The van der Waals surface area contributed by atoms with Crippen molar-refractivity contribution in [3.8, 4) is 6.07 Å². The van der Waals surface area contributed by atoms with Gasteiger partial charge >= 0.3 is 0 Å². The number of nitrogens with one attached hydrogen (secondary N) is 2. The minimum Gasteiger partial charge on any atom is -0.381 e. The lowest BCUT2D eigenvalue weighted by molar-refractivity contribution is 0.100. The molecule has 0 radical (unpaired) electrons. The number of piperidine rings is 1. The molecule has 4 rings (SSSR count). The minimum atomic E-state index is -0.529. The summed E-state index contributed by atoms with van der Waals surface area (Å²) in [6.07, 6.45) is 6.35. The van der Waals surface area contributed by atoms with Crippen LogP contribution in [-0.2, 0) is 0 Å². The third kappa shape index (κ3) is 4.87. The number of nitrogens with zero attached hydrogens (tertiary/aromatic N) is 5. The van der Waals surface area contributed by atoms with Crippen LogP contribution in [0.5, 0.6) is 0 Å². The molecule has 0 bridgehead atoms. The van der Waals surface area contributed by atoms with Crippen molar-refractivity contribution >= 4 is 28.9 Å². The second-order valence-corrected chi connectivity index (χ2v) is 7.26. The van der Waals surface area contributed by atoms with Crippen LogP contribution in [0.4, 0.5) is 23.0 Å². The number of hydrogen-bond acceptors (Lipinski definition) is 8. The summed E-state index contributed by atoms with van der Waals surface area (Å²) in [6.45, 7) is 1.74. The Morgan fingerprint density at radius 3 is 2.55 bits per heavy atom. The van der Waals surface area contributed by atoms with Gasteiger partial charge < -0.3 is 21.3 Å². The van der Waals surface area contributed by atoms with Crippen molar-refractivity contribution in [1.29, 1.82) is 5.26 Å². The van der Waals surface area contributed by atoms with E-state index in [2.05, 4.69) is 36.6 Å². The standard InChI is InChI=1S/C22H22N8O/c23-12-15-1-3-17(4-2-15)30-9-6-16(7-10-30)28-19-11-21(26-13-18(19)22(24)31)29-20-5-8-25-14-27-20/h1-5,8,11,13-14,16H,6-7,9-10H2,(H2,24,31)(H2,25,26,27,28,29). The average Bonchev–Trinajstić information content (AvgIpc) is 2.80. The van der Waals surface area contributed by atoms with Gasteiger partial charge in [-0.25, -0.2) is 15.0 Å². The molecule has 9 heteroatoms. The van der Waals surface area contributed by atoms with E-state index in [0.717, 1.165) is 31.6 Å². The molecule has 3 aromatic rings. The van der Waals surface area contributed by atoms with Gasteiger partial charge in [0.25, 0.3) is 5.91 Å². The van der Waals surface area contributed by atoms with Crippen molar-refractivity contribution in [2.45, 2.75) is 18.9 Å². The lowest BCUT2D eigenvalue weighted by Crippen LogP contribution is -2.39. The molecule has 1 aromatic carbocycles. The van der Waals surface area contributed by atoms with E-state index in [1.54, 1.807) is 18.3 Å². The molecule has 1 saturated heterocycles. The highest BCUT2D eigenvalue weighted by Gasteiger charge is 2.21. The maximum Gasteiger partial charge on any atom is 0.252 e. The van der Waals surface area contributed by atoms with Crippen molar-refractivity contribution in [3.05, 3.63) is 66.2 Å². The highest BCUT2D eigenvalue weighted by atomic mass is 16.1. The second-order valence-electron chi connectivity index (χ2n) is 7.26. The van der Waals surface area contributed by atoms with Crippen LogP contribution >= 0.6 is 0 Å². The van der Waals surface area contributed by atoms with Crippen LogP contribution < -0.4 is 21.3 Å². The molecule has 156 valence electrons.